The SMILES string of the molecule is CCCc1c(CC)ccc(C)c1Cl. The monoisotopic (exact) mass is 196 g/mol. The molecule has 0 saturated heterocycles. The van der Waals surface area contributed by atoms with E-state index in [1.54, 1.807) is 0 Å². The Kier molecular flexibility index (Phi) is 3.80. The van der Waals surface area contributed by atoms with E-state index in [4.69, 9.17) is 11.6 Å². The number of aryl methyl sites for hydroxylation is 2. The van der Waals surface area contributed by atoms with Gasteiger partial charge in [0.1, 0.15) is 0 Å². The topological polar surface area (TPSA) is 0 Å². The Morgan fingerprint density at radius 3 is 2.46 bits per heavy atom. The molecule has 1 rings (SSSR count). The Morgan fingerprint density at radius 1 is 1.23 bits per heavy atom. The minimum absolute atomic E-state index is 0.973. The van der Waals surface area contributed by atoms with Gasteiger partial charge >= 0.3 is 0 Å². The fourth-order valence-electron chi connectivity index (χ4n) is 1.63. The summed E-state index contributed by atoms with van der Waals surface area (Å²) in [5, 5.41) is 0.973. The maximum absolute atomic E-state index is 6.26. The normalized spacial score (nSPS) is 10.5. The zero-order valence-electron chi connectivity index (χ0n) is 8.65. The molecule has 0 atom stereocenters. The van der Waals surface area contributed by atoms with Crippen LogP contribution in [0.1, 0.15) is 37.0 Å². The van der Waals surface area contributed by atoms with Crippen LogP contribution in [0, 0.1) is 6.92 Å². The van der Waals surface area contributed by atoms with Crippen molar-refractivity contribution < 1.29 is 0 Å². The first kappa shape index (κ1) is 10.6. The molecule has 0 aliphatic carbocycles. The Hall–Kier alpha value is -0.490. The van der Waals surface area contributed by atoms with E-state index >= 15 is 0 Å². The van der Waals surface area contributed by atoms with Crippen molar-refractivity contribution in [3.05, 3.63) is 33.8 Å². The van der Waals surface area contributed by atoms with Gasteiger partial charge in [0.2, 0.25) is 0 Å². The van der Waals surface area contributed by atoms with Crippen molar-refractivity contribution in [2.75, 3.05) is 0 Å². The third-order valence-corrected chi connectivity index (χ3v) is 2.94. The van der Waals surface area contributed by atoms with Gasteiger partial charge in [0.25, 0.3) is 0 Å². The van der Waals surface area contributed by atoms with Crippen molar-refractivity contribution in [3.63, 3.8) is 0 Å². The van der Waals surface area contributed by atoms with Crippen LogP contribution >= 0.6 is 11.6 Å². The summed E-state index contributed by atoms with van der Waals surface area (Å²) in [5.41, 5.74) is 3.95. The smallest absolute Gasteiger partial charge is 0.0469 e. The van der Waals surface area contributed by atoms with Crippen LogP contribution in [-0.2, 0) is 12.8 Å². The van der Waals surface area contributed by atoms with Crippen LogP contribution in [0.3, 0.4) is 0 Å². The minimum atomic E-state index is 0.973. The highest BCUT2D eigenvalue weighted by molar-refractivity contribution is 6.32. The average Bonchev–Trinajstić information content (AvgIpc) is 2.14. The molecule has 0 N–H and O–H groups in total. The third kappa shape index (κ3) is 2.25. The Balaban J connectivity index is 3.15. The summed E-state index contributed by atoms with van der Waals surface area (Å²) in [5.74, 6) is 0. The second-order valence-electron chi connectivity index (χ2n) is 3.44. The first-order valence-electron chi connectivity index (χ1n) is 4.97. The summed E-state index contributed by atoms with van der Waals surface area (Å²) >= 11 is 6.26. The van der Waals surface area contributed by atoms with Crippen LogP contribution < -0.4 is 0 Å². The third-order valence-electron chi connectivity index (χ3n) is 2.41. The molecule has 0 heterocycles. The molecule has 0 unspecified atom stereocenters. The van der Waals surface area contributed by atoms with E-state index in [1.165, 1.54) is 16.7 Å². The van der Waals surface area contributed by atoms with Gasteiger partial charge in [-0.15, -0.1) is 0 Å². The van der Waals surface area contributed by atoms with Gasteiger partial charge in [-0.3, -0.25) is 0 Å². The standard InChI is InChI=1S/C12H17Cl/c1-4-6-11-10(5-2)8-7-9(3)12(11)13/h7-8H,4-6H2,1-3H3. The molecule has 0 aromatic heterocycles. The van der Waals surface area contributed by atoms with E-state index in [2.05, 4.69) is 32.9 Å². The molecule has 72 valence electrons. The quantitative estimate of drug-likeness (QED) is 0.681. The molecule has 0 aliphatic heterocycles. The van der Waals surface area contributed by atoms with Crippen LogP contribution in [0.4, 0.5) is 0 Å². The molecule has 13 heavy (non-hydrogen) atoms. The summed E-state index contributed by atoms with van der Waals surface area (Å²) in [7, 11) is 0. The Bertz CT molecular complexity index is 289. The minimum Gasteiger partial charge on any atom is -0.0837 e. The predicted molar refractivity (Wildman–Crippen MR) is 59.6 cm³/mol. The zero-order valence-corrected chi connectivity index (χ0v) is 9.41. The van der Waals surface area contributed by atoms with Gasteiger partial charge in [-0.05, 0) is 36.5 Å². The summed E-state index contributed by atoms with van der Waals surface area (Å²) in [4.78, 5) is 0. The van der Waals surface area contributed by atoms with Gasteiger partial charge in [-0.25, -0.2) is 0 Å². The molecule has 0 spiro atoms. The fourth-order valence-corrected chi connectivity index (χ4v) is 1.91. The lowest BCUT2D eigenvalue weighted by Gasteiger charge is -2.11. The van der Waals surface area contributed by atoms with Gasteiger partial charge < -0.3 is 0 Å². The van der Waals surface area contributed by atoms with Crippen LogP contribution in [-0.4, -0.2) is 0 Å². The van der Waals surface area contributed by atoms with E-state index < -0.39 is 0 Å². The molecular weight excluding hydrogens is 180 g/mol. The Morgan fingerprint density at radius 2 is 1.92 bits per heavy atom. The van der Waals surface area contributed by atoms with E-state index in [0.717, 1.165) is 24.3 Å². The molecule has 1 aromatic rings. The van der Waals surface area contributed by atoms with Gasteiger partial charge in [0.15, 0.2) is 0 Å². The van der Waals surface area contributed by atoms with Gasteiger partial charge in [-0.2, -0.15) is 0 Å². The molecule has 0 amide bonds. The molecule has 0 saturated carbocycles. The van der Waals surface area contributed by atoms with E-state index in [-0.39, 0.29) is 0 Å². The maximum Gasteiger partial charge on any atom is 0.0469 e. The van der Waals surface area contributed by atoms with Crippen molar-refractivity contribution in [1.29, 1.82) is 0 Å². The van der Waals surface area contributed by atoms with Crippen molar-refractivity contribution >= 4 is 11.6 Å². The lowest BCUT2D eigenvalue weighted by molar-refractivity contribution is 0.897. The lowest BCUT2D eigenvalue weighted by Crippen LogP contribution is -1.95. The lowest BCUT2D eigenvalue weighted by atomic mass is 9.99. The van der Waals surface area contributed by atoms with Crippen molar-refractivity contribution in [3.8, 4) is 0 Å². The van der Waals surface area contributed by atoms with Crippen LogP contribution in [0.15, 0.2) is 12.1 Å². The molecule has 0 nitrogen and oxygen atoms in total. The molecule has 1 aromatic carbocycles. The molecule has 0 bridgehead atoms. The van der Waals surface area contributed by atoms with Crippen LogP contribution in [0.5, 0.6) is 0 Å². The molecular formula is C12H17Cl. The fraction of sp³-hybridized carbons (Fsp3) is 0.500. The number of halogens is 1. The first-order chi connectivity index (χ1) is 6.20. The van der Waals surface area contributed by atoms with Crippen LogP contribution in [0.2, 0.25) is 5.02 Å². The molecule has 0 fully saturated rings. The number of rotatable bonds is 3. The molecule has 0 aliphatic rings. The van der Waals surface area contributed by atoms with Gasteiger partial charge in [-0.1, -0.05) is 44.0 Å². The van der Waals surface area contributed by atoms with Crippen molar-refractivity contribution in [2.24, 2.45) is 0 Å². The number of hydrogen-bond donors (Lipinski definition) is 0. The van der Waals surface area contributed by atoms with Crippen LogP contribution in [0.25, 0.3) is 0 Å². The largest absolute Gasteiger partial charge is 0.0837 e. The van der Waals surface area contributed by atoms with E-state index in [0.29, 0.717) is 0 Å². The summed E-state index contributed by atoms with van der Waals surface area (Å²) < 4.78 is 0. The average molecular weight is 197 g/mol. The highest BCUT2D eigenvalue weighted by atomic mass is 35.5. The highest BCUT2D eigenvalue weighted by Gasteiger charge is 2.06. The van der Waals surface area contributed by atoms with E-state index in [9.17, 15) is 0 Å². The number of hydrogen-bond acceptors (Lipinski definition) is 0. The summed E-state index contributed by atoms with van der Waals surface area (Å²) in [6, 6.07) is 4.31. The zero-order chi connectivity index (χ0) is 9.84. The number of benzene rings is 1. The van der Waals surface area contributed by atoms with E-state index in [1.807, 2.05) is 0 Å². The van der Waals surface area contributed by atoms with Crippen molar-refractivity contribution in [2.45, 2.75) is 40.0 Å². The van der Waals surface area contributed by atoms with Gasteiger partial charge in [0, 0.05) is 5.02 Å². The molecule has 0 radical (unpaired) electrons. The van der Waals surface area contributed by atoms with Crippen molar-refractivity contribution in [1.82, 2.24) is 0 Å². The highest BCUT2D eigenvalue weighted by Crippen LogP contribution is 2.25. The summed E-state index contributed by atoms with van der Waals surface area (Å²) in [6.07, 6.45) is 3.34. The second-order valence-corrected chi connectivity index (χ2v) is 3.82. The predicted octanol–water partition coefficient (Wildman–Crippen LogP) is 4.16. The molecule has 1 heteroatoms. The van der Waals surface area contributed by atoms with Gasteiger partial charge in [0.05, 0.1) is 0 Å². The second kappa shape index (κ2) is 4.66. The summed E-state index contributed by atoms with van der Waals surface area (Å²) in [6.45, 7) is 6.44. The maximum atomic E-state index is 6.26. The first-order valence-corrected chi connectivity index (χ1v) is 5.35. The Labute approximate surface area is 85.9 Å².